The van der Waals surface area contributed by atoms with Crippen molar-refractivity contribution in [3.8, 4) is 17.6 Å². The Morgan fingerprint density at radius 1 is 1.16 bits per heavy atom. The molecular weight excluding hydrogens is 518 g/mol. The molecule has 1 aliphatic heterocycles. The molecule has 1 fully saturated rings. The van der Waals surface area contributed by atoms with Crippen LogP contribution in [0, 0.1) is 21.4 Å². The highest BCUT2D eigenvalue weighted by Gasteiger charge is 2.35. The van der Waals surface area contributed by atoms with Crippen LogP contribution in [0.25, 0.3) is 6.08 Å². The summed E-state index contributed by atoms with van der Waals surface area (Å²) in [6.07, 6.45) is 1.53. The molecular formula is C26H18ClN3O6S. The van der Waals surface area contributed by atoms with Gasteiger partial charge in [-0.3, -0.25) is 24.6 Å². The summed E-state index contributed by atoms with van der Waals surface area (Å²) in [4.78, 5) is 37.0. The third kappa shape index (κ3) is 5.74. The molecule has 11 heteroatoms. The average Bonchev–Trinajstić information content (AvgIpc) is 3.15. The number of imide groups is 1. The maximum Gasteiger partial charge on any atom is 0.293 e. The number of carbonyl (C=O) groups excluding carboxylic acids is 2. The Morgan fingerprint density at radius 2 is 1.89 bits per heavy atom. The number of carbonyl (C=O) groups is 2. The Labute approximate surface area is 221 Å². The fraction of sp³-hybridized carbons (Fsp3) is 0.115. The second-order valence-electron chi connectivity index (χ2n) is 7.78. The minimum absolute atomic E-state index is 0.0129. The fourth-order valence-corrected chi connectivity index (χ4v) is 4.67. The molecule has 0 unspecified atom stereocenters. The fourth-order valence-electron chi connectivity index (χ4n) is 3.56. The topological polar surface area (TPSA) is 123 Å². The molecule has 3 aromatic rings. The van der Waals surface area contributed by atoms with Gasteiger partial charge >= 0.3 is 0 Å². The predicted octanol–water partition coefficient (Wildman–Crippen LogP) is 5.94. The van der Waals surface area contributed by atoms with Gasteiger partial charge in [0.15, 0.2) is 11.5 Å². The van der Waals surface area contributed by atoms with Crippen LogP contribution >= 0.6 is 23.4 Å². The van der Waals surface area contributed by atoms with Crippen LogP contribution in [-0.2, 0) is 17.9 Å². The Hall–Kier alpha value is -4.33. The number of halogens is 1. The van der Waals surface area contributed by atoms with E-state index in [1.54, 1.807) is 36.4 Å². The van der Waals surface area contributed by atoms with Gasteiger partial charge in [0.1, 0.15) is 6.61 Å². The van der Waals surface area contributed by atoms with Crippen molar-refractivity contribution in [1.29, 1.82) is 5.26 Å². The number of nitrogens with zero attached hydrogens (tertiary/aromatic N) is 3. The second kappa shape index (κ2) is 11.2. The van der Waals surface area contributed by atoms with Crippen molar-refractivity contribution in [2.24, 2.45) is 0 Å². The molecule has 1 aliphatic rings. The average molecular weight is 536 g/mol. The first-order chi connectivity index (χ1) is 17.8. The monoisotopic (exact) mass is 535 g/mol. The molecule has 0 atom stereocenters. The normalized spacial score (nSPS) is 14.1. The summed E-state index contributed by atoms with van der Waals surface area (Å²) in [6.45, 7) is 0.0850. The summed E-state index contributed by atoms with van der Waals surface area (Å²) < 4.78 is 11.3. The number of hydrogen-bond donors (Lipinski definition) is 0. The van der Waals surface area contributed by atoms with E-state index in [1.807, 2.05) is 0 Å². The Bertz CT molecular complexity index is 1470. The predicted molar refractivity (Wildman–Crippen MR) is 138 cm³/mol. The first-order valence-corrected chi connectivity index (χ1v) is 12.0. The quantitative estimate of drug-likeness (QED) is 0.197. The number of nitro groups is 1. The minimum atomic E-state index is -0.520. The van der Waals surface area contributed by atoms with Crippen molar-refractivity contribution in [2.75, 3.05) is 7.11 Å². The van der Waals surface area contributed by atoms with E-state index in [0.29, 0.717) is 28.0 Å². The van der Waals surface area contributed by atoms with Crippen molar-refractivity contribution in [1.82, 2.24) is 4.90 Å². The Balaban J connectivity index is 1.52. The summed E-state index contributed by atoms with van der Waals surface area (Å²) >= 11 is 7.24. The molecule has 0 aromatic heterocycles. The molecule has 0 spiro atoms. The minimum Gasteiger partial charge on any atom is -0.493 e. The summed E-state index contributed by atoms with van der Waals surface area (Å²) in [7, 11) is 1.45. The van der Waals surface area contributed by atoms with Crippen LogP contribution in [0.1, 0.15) is 22.3 Å². The number of hydrogen-bond acceptors (Lipinski definition) is 8. The van der Waals surface area contributed by atoms with E-state index in [4.69, 9.17) is 21.1 Å². The lowest BCUT2D eigenvalue weighted by Gasteiger charge is -2.14. The standard InChI is InChI=1S/C26H18ClN3O6S/c1-35-22-11-17(10-21(27)24(22)36-15-19-5-3-2-4-18(19)13-28)12-23-25(31)29(26(32)37-23)14-16-6-8-20(9-7-16)30(33)34/h2-12H,14-15H2,1H3/b23-12-. The summed E-state index contributed by atoms with van der Waals surface area (Å²) in [5.74, 6) is 0.107. The van der Waals surface area contributed by atoms with Crippen molar-refractivity contribution < 1.29 is 24.0 Å². The maximum atomic E-state index is 12.9. The summed E-state index contributed by atoms with van der Waals surface area (Å²) in [5, 5.41) is 19.9. The van der Waals surface area contributed by atoms with Crippen LogP contribution in [0.5, 0.6) is 11.5 Å². The second-order valence-corrected chi connectivity index (χ2v) is 9.18. The van der Waals surface area contributed by atoms with Crippen molar-refractivity contribution in [3.63, 3.8) is 0 Å². The van der Waals surface area contributed by atoms with Gasteiger partial charge in [-0.15, -0.1) is 0 Å². The molecule has 9 nitrogen and oxygen atoms in total. The highest BCUT2D eigenvalue weighted by Crippen LogP contribution is 2.39. The molecule has 37 heavy (non-hydrogen) atoms. The number of ether oxygens (including phenoxy) is 2. The van der Waals surface area contributed by atoms with Gasteiger partial charge in [-0.2, -0.15) is 5.26 Å². The lowest BCUT2D eigenvalue weighted by molar-refractivity contribution is -0.384. The summed E-state index contributed by atoms with van der Waals surface area (Å²) in [6, 6.07) is 18.0. The highest BCUT2D eigenvalue weighted by atomic mass is 35.5. The molecule has 1 saturated heterocycles. The zero-order valence-corrected chi connectivity index (χ0v) is 20.9. The number of non-ortho nitro benzene ring substituents is 1. The molecule has 0 aliphatic carbocycles. The van der Waals surface area contributed by atoms with Crippen molar-refractivity contribution in [2.45, 2.75) is 13.2 Å². The molecule has 1 heterocycles. The van der Waals surface area contributed by atoms with Gasteiger partial charge in [-0.25, -0.2) is 0 Å². The first kappa shape index (κ1) is 25.8. The van der Waals surface area contributed by atoms with Gasteiger partial charge in [0.2, 0.25) is 0 Å². The lowest BCUT2D eigenvalue weighted by atomic mass is 10.1. The van der Waals surface area contributed by atoms with Crippen molar-refractivity contribution >= 4 is 46.3 Å². The molecule has 2 amide bonds. The van der Waals surface area contributed by atoms with Gasteiger partial charge in [0, 0.05) is 17.7 Å². The van der Waals surface area contributed by atoms with E-state index in [1.165, 1.54) is 37.5 Å². The molecule has 3 aromatic carbocycles. The van der Waals surface area contributed by atoms with Gasteiger partial charge in [0.25, 0.3) is 16.8 Å². The largest absolute Gasteiger partial charge is 0.493 e. The lowest BCUT2D eigenvalue weighted by Crippen LogP contribution is -2.27. The van der Waals surface area contributed by atoms with E-state index >= 15 is 0 Å². The van der Waals surface area contributed by atoms with E-state index < -0.39 is 16.1 Å². The Kier molecular flexibility index (Phi) is 7.77. The highest BCUT2D eigenvalue weighted by molar-refractivity contribution is 8.18. The zero-order chi connectivity index (χ0) is 26.5. The smallest absolute Gasteiger partial charge is 0.293 e. The van der Waals surface area contributed by atoms with Crippen LogP contribution < -0.4 is 9.47 Å². The SMILES string of the molecule is COc1cc(/C=C2\SC(=O)N(Cc3ccc([N+](=O)[O-])cc3)C2=O)cc(Cl)c1OCc1ccccc1C#N. The van der Waals surface area contributed by atoms with Crippen LogP contribution in [0.15, 0.2) is 65.6 Å². The van der Waals surface area contributed by atoms with Crippen LogP contribution in [0.4, 0.5) is 10.5 Å². The number of rotatable bonds is 8. The maximum absolute atomic E-state index is 12.9. The van der Waals surface area contributed by atoms with E-state index in [9.17, 15) is 25.0 Å². The molecule has 0 N–H and O–H groups in total. The van der Waals surface area contributed by atoms with E-state index in [0.717, 1.165) is 16.7 Å². The Morgan fingerprint density at radius 3 is 2.57 bits per heavy atom. The van der Waals surface area contributed by atoms with Crippen LogP contribution in [0.3, 0.4) is 0 Å². The molecule has 186 valence electrons. The number of nitro benzene ring substituents is 1. The number of nitriles is 1. The first-order valence-electron chi connectivity index (χ1n) is 10.8. The third-order valence-corrected chi connectivity index (χ3v) is 6.61. The van der Waals surface area contributed by atoms with E-state index in [2.05, 4.69) is 6.07 Å². The van der Waals surface area contributed by atoms with Crippen LogP contribution in [0.2, 0.25) is 5.02 Å². The van der Waals surface area contributed by atoms with Gasteiger partial charge in [-0.05, 0) is 47.2 Å². The number of amides is 2. The molecule has 0 bridgehead atoms. The molecule has 4 rings (SSSR count). The number of thioether (sulfide) groups is 1. The van der Waals surface area contributed by atoms with Gasteiger partial charge in [0.05, 0.1) is 40.1 Å². The van der Waals surface area contributed by atoms with E-state index in [-0.39, 0.29) is 34.5 Å². The molecule has 0 radical (unpaired) electrons. The van der Waals surface area contributed by atoms with Gasteiger partial charge in [-0.1, -0.05) is 41.9 Å². The summed E-state index contributed by atoms with van der Waals surface area (Å²) in [5.41, 5.74) is 2.20. The van der Waals surface area contributed by atoms with Crippen molar-refractivity contribution in [3.05, 3.63) is 103 Å². The van der Waals surface area contributed by atoms with Crippen LogP contribution in [-0.4, -0.2) is 28.1 Å². The molecule has 0 saturated carbocycles. The zero-order valence-electron chi connectivity index (χ0n) is 19.3. The number of benzene rings is 3. The van der Waals surface area contributed by atoms with Gasteiger partial charge < -0.3 is 9.47 Å². The number of methoxy groups -OCH3 is 1. The third-order valence-electron chi connectivity index (χ3n) is 5.42.